The van der Waals surface area contributed by atoms with Gasteiger partial charge in [0.2, 0.25) is 0 Å². The Kier molecular flexibility index (Phi) is 6.40. The largest absolute Gasteiger partial charge is 0.493 e. The molecule has 2 rings (SSSR count). The van der Waals surface area contributed by atoms with Gasteiger partial charge in [0.25, 0.3) is 0 Å². The molecule has 24 heavy (non-hydrogen) atoms. The third-order valence-electron chi connectivity index (χ3n) is 3.39. The van der Waals surface area contributed by atoms with Crippen LogP contribution in [-0.2, 0) is 17.9 Å². The number of halogens is 1. The Morgan fingerprint density at radius 2 is 2.04 bits per heavy atom. The van der Waals surface area contributed by atoms with Gasteiger partial charge < -0.3 is 19.9 Å². The molecule has 1 atom stereocenters. The van der Waals surface area contributed by atoms with Gasteiger partial charge in [0.05, 0.1) is 7.11 Å². The molecular formula is C17H19ClN2O4. The molecule has 1 aromatic heterocycles. The molecule has 2 N–H and O–H groups in total. The molecule has 0 aliphatic heterocycles. The van der Waals surface area contributed by atoms with Crippen molar-refractivity contribution in [1.29, 1.82) is 0 Å². The van der Waals surface area contributed by atoms with Crippen LogP contribution in [0.4, 0.5) is 0 Å². The standard InChI is InChI=1S/C17H19ClN2O4/c1-11(17(21)22)19-8-12-3-5-14(15(7-12)23-2)24-10-13-4-6-16(18)20-9-13/h3-7,9,11,19H,8,10H2,1-2H3,(H,21,22). The number of hydrogen-bond donors (Lipinski definition) is 2. The summed E-state index contributed by atoms with van der Waals surface area (Å²) in [5.74, 6) is 0.292. The lowest BCUT2D eigenvalue weighted by Crippen LogP contribution is -2.33. The lowest BCUT2D eigenvalue weighted by Gasteiger charge is -2.13. The van der Waals surface area contributed by atoms with Gasteiger partial charge in [-0.3, -0.25) is 4.79 Å². The van der Waals surface area contributed by atoms with Gasteiger partial charge in [0.15, 0.2) is 11.5 Å². The molecule has 0 spiro atoms. The monoisotopic (exact) mass is 350 g/mol. The number of hydrogen-bond acceptors (Lipinski definition) is 5. The number of nitrogens with zero attached hydrogens (tertiary/aromatic N) is 1. The average molecular weight is 351 g/mol. The second kappa shape index (κ2) is 8.52. The zero-order valence-corrected chi connectivity index (χ0v) is 14.2. The zero-order chi connectivity index (χ0) is 17.5. The molecule has 0 bridgehead atoms. The SMILES string of the molecule is COc1cc(CNC(C)C(=O)O)ccc1OCc1ccc(Cl)nc1. The van der Waals surface area contributed by atoms with Crippen molar-refractivity contribution < 1.29 is 19.4 Å². The molecule has 1 aromatic carbocycles. The second-order valence-electron chi connectivity index (χ2n) is 5.20. The van der Waals surface area contributed by atoms with Gasteiger partial charge in [0, 0.05) is 18.3 Å². The summed E-state index contributed by atoms with van der Waals surface area (Å²) in [7, 11) is 1.56. The third-order valence-corrected chi connectivity index (χ3v) is 3.62. The van der Waals surface area contributed by atoms with Gasteiger partial charge in [-0.25, -0.2) is 4.98 Å². The van der Waals surface area contributed by atoms with Crippen LogP contribution >= 0.6 is 11.6 Å². The van der Waals surface area contributed by atoms with Crippen LogP contribution in [-0.4, -0.2) is 29.2 Å². The van der Waals surface area contributed by atoms with Gasteiger partial charge in [-0.05, 0) is 30.7 Å². The van der Waals surface area contributed by atoms with E-state index in [2.05, 4.69) is 10.3 Å². The third kappa shape index (κ3) is 5.11. The van der Waals surface area contributed by atoms with Crippen molar-refractivity contribution in [2.24, 2.45) is 0 Å². The van der Waals surface area contributed by atoms with Crippen LogP contribution in [0.1, 0.15) is 18.1 Å². The summed E-state index contributed by atoms with van der Waals surface area (Å²) in [4.78, 5) is 14.8. The van der Waals surface area contributed by atoms with Crippen molar-refractivity contribution in [2.75, 3.05) is 7.11 Å². The number of pyridine rings is 1. The highest BCUT2D eigenvalue weighted by molar-refractivity contribution is 6.29. The number of ether oxygens (including phenoxy) is 2. The van der Waals surface area contributed by atoms with E-state index in [0.29, 0.717) is 29.8 Å². The highest BCUT2D eigenvalue weighted by Crippen LogP contribution is 2.29. The Hall–Kier alpha value is -2.31. The van der Waals surface area contributed by atoms with Crippen molar-refractivity contribution in [1.82, 2.24) is 10.3 Å². The Morgan fingerprint density at radius 1 is 1.29 bits per heavy atom. The van der Waals surface area contributed by atoms with Gasteiger partial charge in [-0.15, -0.1) is 0 Å². The van der Waals surface area contributed by atoms with Crippen LogP contribution < -0.4 is 14.8 Å². The molecule has 0 radical (unpaired) electrons. The summed E-state index contributed by atoms with van der Waals surface area (Å²) in [6.07, 6.45) is 1.65. The van der Waals surface area contributed by atoms with Crippen molar-refractivity contribution in [3.05, 3.63) is 52.8 Å². The molecule has 0 aliphatic carbocycles. The smallest absolute Gasteiger partial charge is 0.320 e. The molecule has 0 saturated carbocycles. The Labute approximate surface area is 145 Å². The average Bonchev–Trinajstić information content (AvgIpc) is 2.59. The van der Waals surface area contributed by atoms with Gasteiger partial charge >= 0.3 is 5.97 Å². The van der Waals surface area contributed by atoms with Crippen LogP contribution in [0.15, 0.2) is 36.5 Å². The number of carboxylic acid groups (broad SMARTS) is 1. The molecule has 0 aliphatic rings. The maximum atomic E-state index is 10.8. The summed E-state index contributed by atoms with van der Waals surface area (Å²) in [5, 5.41) is 12.2. The summed E-state index contributed by atoms with van der Waals surface area (Å²) < 4.78 is 11.1. The van der Waals surface area contributed by atoms with Crippen LogP contribution in [0.5, 0.6) is 11.5 Å². The summed E-state index contributed by atoms with van der Waals surface area (Å²) >= 11 is 5.75. The van der Waals surface area contributed by atoms with Gasteiger partial charge in [0.1, 0.15) is 17.8 Å². The van der Waals surface area contributed by atoms with E-state index in [0.717, 1.165) is 11.1 Å². The van der Waals surface area contributed by atoms with E-state index in [9.17, 15) is 4.79 Å². The van der Waals surface area contributed by atoms with E-state index in [4.69, 9.17) is 26.2 Å². The fourth-order valence-corrected chi connectivity index (χ4v) is 2.06. The molecule has 0 amide bonds. The van der Waals surface area contributed by atoms with E-state index in [-0.39, 0.29) is 0 Å². The number of nitrogens with one attached hydrogen (secondary N) is 1. The summed E-state index contributed by atoms with van der Waals surface area (Å²) in [5.41, 5.74) is 1.79. The van der Waals surface area contributed by atoms with E-state index in [1.165, 1.54) is 0 Å². The quantitative estimate of drug-likeness (QED) is 0.712. The number of rotatable bonds is 8. The Morgan fingerprint density at radius 3 is 2.67 bits per heavy atom. The number of carboxylic acids is 1. The highest BCUT2D eigenvalue weighted by atomic mass is 35.5. The van der Waals surface area contributed by atoms with Crippen molar-refractivity contribution >= 4 is 17.6 Å². The minimum absolute atomic E-state index is 0.341. The molecule has 128 valence electrons. The fraction of sp³-hybridized carbons (Fsp3) is 0.294. The summed E-state index contributed by atoms with van der Waals surface area (Å²) in [6.45, 7) is 2.36. The van der Waals surface area contributed by atoms with E-state index in [1.54, 1.807) is 32.4 Å². The molecule has 0 fully saturated rings. The van der Waals surface area contributed by atoms with E-state index < -0.39 is 12.0 Å². The number of carbonyl (C=O) groups is 1. The fourth-order valence-electron chi connectivity index (χ4n) is 1.95. The normalized spacial score (nSPS) is 11.8. The van der Waals surface area contributed by atoms with E-state index in [1.807, 2.05) is 18.2 Å². The minimum atomic E-state index is -0.890. The first-order chi connectivity index (χ1) is 11.5. The molecule has 1 heterocycles. The lowest BCUT2D eigenvalue weighted by atomic mass is 10.2. The number of aliphatic carboxylic acids is 1. The number of methoxy groups -OCH3 is 1. The molecule has 2 aromatic rings. The molecular weight excluding hydrogens is 332 g/mol. The second-order valence-corrected chi connectivity index (χ2v) is 5.59. The molecule has 0 saturated heterocycles. The lowest BCUT2D eigenvalue weighted by molar-refractivity contribution is -0.139. The van der Waals surface area contributed by atoms with Crippen LogP contribution in [0.25, 0.3) is 0 Å². The number of benzene rings is 1. The van der Waals surface area contributed by atoms with Crippen molar-refractivity contribution in [3.63, 3.8) is 0 Å². The Bertz CT molecular complexity index is 691. The van der Waals surface area contributed by atoms with Gasteiger partial charge in [-0.1, -0.05) is 23.7 Å². The maximum Gasteiger partial charge on any atom is 0.320 e. The van der Waals surface area contributed by atoms with Crippen LogP contribution in [0.2, 0.25) is 5.15 Å². The van der Waals surface area contributed by atoms with Crippen LogP contribution in [0, 0.1) is 0 Å². The van der Waals surface area contributed by atoms with Crippen LogP contribution in [0.3, 0.4) is 0 Å². The Balaban J connectivity index is 2.00. The predicted octanol–water partition coefficient (Wildman–Crippen LogP) is 2.89. The maximum absolute atomic E-state index is 10.8. The topological polar surface area (TPSA) is 80.7 Å². The summed E-state index contributed by atoms with van der Waals surface area (Å²) in [6, 6.07) is 8.40. The highest BCUT2D eigenvalue weighted by Gasteiger charge is 2.11. The number of aromatic nitrogens is 1. The van der Waals surface area contributed by atoms with Gasteiger partial charge in [-0.2, -0.15) is 0 Å². The minimum Gasteiger partial charge on any atom is -0.493 e. The van der Waals surface area contributed by atoms with Crippen molar-refractivity contribution in [3.8, 4) is 11.5 Å². The predicted molar refractivity (Wildman–Crippen MR) is 90.5 cm³/mol. The zero-order valence-electron chi connectivity index (χ0n) is 13.5. The first kappa shape index (κ1) is 18.0. The molecule has 1 unspecified atom stereocenters. The van der Waals surface area contributed by atoms with Crippen molar-refractivity contribution in [2.45, 2.75) is 26.1 Å². The first-order valence-corrected chi connectivity index (χ1v) is 7.73. The molecule has 6 nitrogen and oxygen atoms in total. The first-order valence-electron chi connectivity index (χ1n) is 7.36. The molecule has 7 heteroatoms. The van der Waals surface area contributed by atoms with E-state index >= 15 is 0 Å².